The number of nitrogens with one attached hydrogen (secondary N) is 1. The SMILES string of the molecule is CCCC(CNC(=O)c1cc(-c2ccccc2)no1)C(=O)O. The van der Waals surface area contributed by atoms with Crippen molar-refractivity contribution in [3.8, 4) is 11.3 Å². The second-order valence-electron chi connectivity index (χ2n) is 4.98. The van der Waals surface area contributed by atoms with Crippen LogP contribution < -0.4 is 5.32 Å². The quantitative estimate of drug-likeness (QED) is 0.820. The number of rotatable bonds is 7. The summed E-state index contributed by atoms with van der Waals surface area (Å²) < 4.78 is 5.02. The Hall–Kier alpha value is -2.63. The van der Waals surface area contributed by atoms with Crippen molar-refractivity contribution in [2.24, 2.45) is 5.92 Å². The van der Waals surface area contributed by atoms with Crippen molar-refractivity contribution >= 4 is 11.9 Å². The lowest BCUT2D eigenvalue weighted by Gasteiger charge is -2.11. The molecule has 2 aromatic rings. The molecule has 0 saturated heterocycles. The zero-order chi connectivity index (χ0) is 15.9. The molecule has 6 heteroatoms. The Morgan fingerprint density at radius 2 is 2.05 bits per heavy atom. The molecule has 1 heterocycles. The average Bonchev–Trinajstić information content (AvgIpc) is 3.01. The highest BCUT2D eigenvalue weighted by Crippen LogP contribution is 2.18. The summed E-state index contributed by atoms with van der Waals surface area (Å²) in [7, 11) is 0. The highest BCUT2D eigenvalue weighted by molar-refractivity contribution is 5.92. The molecule has 0 spiro atoms. The minimum absolute atomic E-state index is 0.0690. The Kier molecular flexibility index (Phi) is 5.30. The summed E-state index contributed by atoms with van der Waals surface area (Å²) in [4.78, 5) is 23.0. The first-order valence-electron chi connectivity index (χ1n) is 7.15. The van der Waals surface area contributed by atoms with Gasteiger partial charge in [0, 0.05) is 18.2 Å². The molecule has 0 aliphatic carbocycles. The molecule has 22 heavy (non-hydrogen) atoms. The number of aromatic nitrogens is 1. The zero-order valence-corrected chi connectivity index (χ0v) is 12.3. The molecule has 0 aliphatic rings. The molecule has 0 bridgehead atoms. The maximum absolute atomic E-state index is 12.0. The number of carbonyl (C=O) groups excluding carboxylic acids is 1. The molecule has 6 nitrogen and oxygen atoms in total. The Morgan fingerprint density at radius 1 is 1.32 bits per heavy atom. The van der Waals surface area contributed by atoms with Crippen LogP contribution in [-0.2, 0) is 4.79 Å². The van der Waals surface area contributed by atoms with E-state index in [2.05, 4.69) is 10.5 Å². The second-order valence-corrected chi connectivity index (χ2v) is 4.98. The van der Waals surface area contributed by atoms with Gasteiger partial charge in [0.15, 0.2) is 0 Å². The lowest BCUT2D eigenvalue weighted by Crippen LogP contribution is -2.32. The molecule has 1 unspecified atom stereocenters. The number of amides is 1. The molecular weight excluding hydrogens is 284 g/mol. The van der Waals surface area contributed by atoms with Gasteiger partial charge in [-0.15, -0.1) is 0 Å². The van der Waals surface area contributed by atoms with Gasteiger partial charge in [0.1, 0.15) is 5.69 Å². The molecule has 0 saturated carbocycles. The summed E-state index contributed by atoms with van der Waals surface area (Å²) in [5, 5.41) is 15.5. The van der Waals surface area contributed by atoms with E-state index in [0.717, 1.165) is 12.0 Å². The van der Waals surface area contributed by atoms with E-state index in [1.165, 1.54) is 0 Å². The Labute approximate surface area is 128 Å². The van der Waals surface area contributed by atoms with E-state index in [-0.39, 0.29) is 12.3 Å². The highest BCUT2D eigenvalue weighted by atomic mass is 16.5. The minimum Gasteiger partial charge on any atom is -0.481 e. The molecule has 116 valence electrons. The molecule has 1 aromatic carbocycles. The van der Waals surface area contributed by atoms with Gasteiger partial charge in [0.25, 0.3) is 5.91 Å². The Balaban J connectivity index is 1.99. The molecule has 2 N–H and O–H groups in total. The van der Waals surface area contributed by atoms with Crippen LogP contribution in [0.1, 0.15) is 30.3 Å². The van der Waals surface area contributed by atoms with Gasteiger partial charge in [-0.25, -0.2) is 0 Å². The standard InChI is InChI=1S/C16H18N2O4/c1-2-6-12(16(20)21)10-17-15(19)14-9-13(18-22-14)11-7-4-3-5-8-11/h3-5,7-9,12H,2,6,10H2,1H3,(H,17,19)(H,20,21). The smallest absolute Gasteiger partial charge is 0.308 e. The van der Waals surface area contributed by atoms with Crippen LogP contribution in [0.25, 0.3) is 11.3 Å². The first-order valence-corrected chi connectivity index (χ1v) is 7.15. The van der Waals surface area contributed by atoms with Crippen molar-refractivity contribution in [1.82, 2.24) is 10.5 Å². The van der Waals surface area contributed by atoms with Crippen LogP contribution in [0.3, 0.4) is 0 Å². The van der Waals surface area contributed by atoms with Crippen molar-refractivity contribution in [2.75, 3.05) is 6.54 Å². The monoisotopic (exact) mass is 302 g/mol. The maximum atomic E-state index is 12.0. The fraction of sp³-hybridized carbons (Fsp3) is 0.312. The van der Waals surface area contributed by atoms with E-state index in [1.54, 1.807) is 6.07 Å². The zero-order valence-electron chi connectivity index (χ0n) is 12.3. The summed E-state index contributed by atoms with van der Waals surface area (Å²) in [6, 6.07) is 10.9. The van der Waals surface area contributed by atoms with Crippen LogP contribution >= 0.6 is 0 Å². The number of carboxylic acids is 1. The third-order valence-electron chi connectivity index (χ3n) is 3.30. The minimum atomic E-state index is -0.912. The van der Waals surface area contributed by atoms with E-state index in [9.17, 15) is 9.59 Å². The van der Waals surface area contributed by atoms with Gasteiger partial charge in [0.2, 0.25) is 5.76 Å². The number of carboxylic acid groups (broad SMARTS) is 1. The average molecular weight is 302 g/mol. The molecule has 1 atom stereocenters. The number of hydrogen-bond acceptors (Lipinski definition) is 4. The number of hydrogen-bond donors (Lipinski definition) is 2. The van der Waals surface area contributed by atoms with E-state index in [1.807, 2.05) is 37.3 Å². The number of aliphatic carboxylic acids is 1. The topological polar surface area (TPSA) is 92.4 Å². The number of carbonyl (C=O) groups is 2. The van der Waals surface area contributed by atoms with E-state index < -0.39 is 17.8 Å². The maximum Gasteiger partial charge on any atom is 0.308 e. The van der Waals surface area contributed by atoms with E-state index >= 15 is 0 Å². The normalized spacial score (nSPS) is 11.9. The lowest BCUT2D eigenvalue weighted by molar-refractivity contribution is -0.141. The van der Waals surface area contributed by atoms with Gasteiger partial charge < -0.3 is 14.9 Å². The predicted octanol–water partition coefficient (Wildman–Crippen LogP) is 2.57. The van der Waals surface area contributed by atoms with Crippen LogP contribution in [0.15, 0.2) is 40.9 Å². The second kappa shape index (κ2) is 7.40. The van der Waals surface area contributed by atoms with Crippen LogP contribution in [0.4, 0.5) is 0 Å². The summed E-state index contributed by atoms with van der Waals surface area (Å²) in [6.07, 6.45) is 1.26. The first-order chi connectivity index (χ1) is 10.6. The summed E-state index contributed by atoms with van der Waals surface area (Å²) in [5.74, 6) is -1.90. The third-order valence-corrected chi connectivity index (χ3v) is 3.30. The van der Waals surface area contributed by atoms with Gasteiger partial charge in [-0.1, -0.05) is 48.8 Å². The van der Waals surface area contributed by atoms with Crippen LogP contribution in [-0.4, -0.2) is 28.7 Å². The molecular formula is C16H18N2O4. The molecule has 0 fully saturated rings. The molecule has 0 aliphatic heterocycles. The number of benzene rings is 1. The van der Waals surface area contributed by atoms with Gasteiger partial charge >= 0.3 is 5.97 Å². The summed E-state index contributed by atoms with van der Waals surface area (Å²) in [5.41, 5.74) is 1.41. The highest BCUT2D eigenvalue weighted by Gasteiger charge is 2.19. The fourth-order valence-corrected chi connectivity index (χ4v) is 2.09. The third kappa shape index (κ3) is 3.94. The van der Waals surface area contributed by atoms with Crippen molar-refractivity contribution < 1.29 is 19.2 Å². The van der Waals surface area contributed by atoms with Crippen LogP contribution in [0, 0.1) is 5.92 Å². The van der Waals surface area contributed by atoms with Crippen LogP contribution in [0.2, 0.25) is 0 Å². The molecule has 1 aromatic heterocycles. The van der Waals surface area contributed by atoms with Gasteiger partial charge in [-0.2, -0.15) is 0 Å². The Bertz CT molecular complexity index is 637. The summed E-state index contributed by atoms with van der Waals surface area (Å²) >= 11 is 0. The van der Waals surface area contributed by atoms with Crippen molar-refractivity contribution in [1.29, 1.82) is 0 Å². The van der Waals surface area contributed by atoms with E-state index in [0.29, 0.717) is 12.1 Å². The lowest BCUT2D eigenvalue weighted by atomic mass is 10.0. The largest absolute Gasteiger partial charge is 0.481 e. The first kappa shape index (κ1) is 15.8. The predicted molar refractivity (Wildman–Crippen MR) is 80.3 cm³/mol. The van der Waals surface area contributed by atoms with Crippen LogP contribution in [0.5, 0.6) is 0 Å². The summed E-state index contributed by atoms with van der Waals surface area (Å²) in [6.45, 7) is 1.98. The fourth-order valence-electron chi connectivity index (χ4n) is 2.09. The Morgan fingerprint density at radius 3 is 2.68 bits per heavy atom. The molecule has 0 radical (unpaired) electrons. The van der Waals surface area contributed by atoms with Crippen molar-refractivity contribution in [2.45, 2.75) is 19.8 Å². The van der Waals surface area contributed by atoms with Gasteiger partial charge in [0.05, 0.1) is 5.92 Å². The van der Waals surface area contributed by atoms with Gasteiger partial charge in [-0.3, -0.25) is 9.59 Å². The van der Waals surface area contributed by atoms with Gasteiger partial charge in [-0.05, 0) is 6.42 Å². The van der Waals surface area contributed by atoms with E-state index in [4.69, 9.17) is 9.63 Å². The van der Waals surface area contributed by atoms with Crippen molar-refractivity contribution in [3.63, 3.8) is 0 Å². The number of nitrogens with zero attached hydrogens (tertiary/aromatic N) is 1. The molecule has 1 amide bonds. The van der Waals surface area contributed by atoms with Crippen molar-refractivity contribution in [3.05, 3.63) is 42.2 Å². The molecule has 2 rings (SSSR count).